The Balaban J connectivity index is 1.38. The molecule has 1 unspecified atom stereocenters. The summed E-state index contributed by atoms with van der Waals surface area (Å²) < 4.78 is 0. The lowest BCUT2D eigenvalue weighted by Crippen LogP contribution is -2.32. The smallest absolute Gasteiger partial charge is 0.333 e. The van der Waals surface area contributed by atoms with Crippen molar-refractivity contribution in [3.63, 3.8) is 0 Å². The largest absolute Gasteiger partial charge is 0.479 e. The van der Waals surface area contributed by atoms with Crippen molar-refractivity contribution in [2.45, 2.75) is 56.5 Å². The monoisotopic (exact) mass is 601 g/mol. The maximum absolute atomic E-state index is 11.6. The van der Waals surface area contributed by atoms with Crippen molar-refractivity contribution >= 4 is 52.4 Å². The average molecular weight is 602 g/mol. The number of aliphatic carboxylic acids is 1. The number of benzene rings is 3. The van der Waals surface area contributed by atoms with E-state index in [1.54, 1.807) is 25.6 Å². The molecule has 1 heterocycles. The van der Waals surface area contributed by atoms with Crippen molar-refractivity contribution < 1.29 is 20.1 Å². The summed E-state index contributed by atoms with van der Waals surface area (Å²) in [6.45, 7) is 3.61. The molecular formula is C35H36ClNO4S. The second-order valence-electron chi connectivity index (χ2n) is 11.7. The number of carboxylic acids is 1. The van der Waals surface area contributed by atoms with Crippen LogP contribution in [0.25, 0.3) is 23.1 Å². The van der Waals surface area contributed by atoms with Gasteiger partial charge in [-0.25, -0.2) is 9.78 Å². The van der Waals surface area contributed by atoms with Gasteiger partial charge < -0.3 is 15.3 Å². The molecule has 1 aliphatic carbocycles. The average Bonchev–Trinajstić information content (AvgIpc) is 3.76. The van der Waals surface area contributed by atoms with Crippen LogP contribution in [0.2, 0.25) is 5.02 Å². The van der Waals surface area contributed by atoms with Crippen molar-refractivity contribution in [3.05, 3.63) is 112 Å². The molecule has 0 spiro atoms. The van der Waals surface area contributed by atoms with E-state index < -0.39 is 23.1 Å². The number of hydrogen-bond acceptors (Lipinski definition) is 5. The van der Waals surface area contributed by atoms with E-state index in [1.807, 2.05) is 66.7 Å². The van der Waals surface area contributed by atoms with E-state index >= 15 is 0 Å². The van der Waals surface area contributed by atoms with Crippen LogP contribution in [0.3, 0.4) is 0 Å². The predicted molar refractivity (Wildman–Crippen MR) is 173 cm³/mol. The van der Waals surface area contributed by atoms with Crippen LogP contribution in [-0.4, -0.2) is 38.1 Å². The van der Waals surface area contributed by atoms with Gasteiger partial charge in [0.05, 0.1) is 16.8 Å². The number of pyridine rings is 1. The molecule has 0 saturated heterocycles. The number of nitrogens with zero attached hydrogens (tertiary/aromatic N) is 1. The Morgan fingerprint density at radius 1 is 1.05 bits per heavy atom. The molecule has 1 saturated carbocycles. The number of rotatable bonds is 12. The van der Waals surface area contributed by atoms with Crippen molar-refractivity contribution in [1.29, 1.82) is 0 Å². The topological polar surface area (TPSA) is 90.7 Å². The normalized spacial score (nSPS) is 16.0. The maximum Gasteiger partial charge on any atom is 0.333 e. The molecule has 0 aliphatic heterocycles. The molecule has 1 aromatic heterocycles. The van der Waals surface area contributed by atoms with E-state index in [1.165, 1.54) is 0 Å². The highest BCUT2D eigenvalue weighted by Gasteiger charge is 2.52. The van der Waals surface area contributed by atoms with Crippen molar-refractivity contribution in [3.8, 4) is 0 Å². The van der Waals surface area contributed by atoms with Gasteiger partial charge in [0.15, 0.2) is 6.10 Å². The number of carbonyl (C=O) groups is 1. The summed E-state index contributed by atoms with van der Waals surface area (Å²) in [4.78, 5) is 16.3. The van der Waals surface area contributed by atoms with Crippen molar-refractivity contribution in [2.75, 3.05) is 5.75 Å². The van der Waals surface area contributed by atoms with Gasteiger partial charge in [-0.1, -0.05) is 78.3 Å². The van der Waals surface area contributed by atoms with Gasteiger partial charge in [0.2, 0.25) is 0 Å². The van der Waals surface area contributed by atoms with Gasteiger partial charge >= 0.3 is 5.97 Å². The number of aryl methyl sites for hydroxylation is 1. The molecule has 5 rings (SSSR count). The fraction of sp³-hybridized carbons (Fsp3) is 0.314. The maximum atomic E-state index is 11.6. The van der Waals surface area contributed by atoms with Gasteiger partial charge in [-0.3, -0.25) is 0 Å². The zero-order chi connectivity index (χ0) is 29.9. The fourth-order valence-corrected chi connectivity index (χ4v) is 7.17. The number of halogens is 1. The molecule has 3 N–H and O–H groups in total. The minimum absolute atomic E-state index is 0.0765. The first-order valence-corrected chi connectivity index (χ1v) is 15.6. The quantitative estimate of drug-likeness (QED) is 0.153. The standard InChI is InChI=1S/C35H36ClNO4S/c1-34(2,41)29-9-4-3-7-24(29)13-17-31(42-22-35(18-19-35)32(38)33(39)40)26-8-5-6-23(20-26)10-15-28-16-12-25-11-14-27(36)21-30(25)37-28/h3-12,14-16,20-21,31-32,38,41H,13,17-19,22H2,1-2H3,(H,39,40)/b15-10+/t31-,32?/m1/s1. The first-order chi connectivity index (χ1) is 20.0. The molecule has 1 aliphatic rings. The number of aliphatic hydroxyl groups excluding tert-OH is 1. The zero-order valence-corrected chi connectivity index (χ0v) is 25.4. The van der Waals surface area contributed by atoms with Crippen LogP contribution >= 0.6 is 23.4 Å². The second kappa shape index (κ2) is 12.6. The Kier molecular flexibility index (Phi) is 9.09. The second-order valence-corrected chi connectivity index (χ2v) is 13.4. The van der Waals surface area contributed by atoms with Crippen molar-refractivity contribution in [2.24, 2.45) is 5.41 Å². The van der Waals surface area contributed by atoms with Gasteiger partial charge in [-0.2, -0.15) is 11.8 Å². The molecular weight excluding hydrogens is 566 g/mol. The van der Waals surface area contributed by atoms with Crippen molar-refractivity contribution in [1.82, 2.24) is 4.98 Å². The first kappa shape index (κ1) is 30.3. The third kappa shape index (κ3) is 7.24. The molecule has 0 amide bonds. The summed E-state index contributed by atoms with van der Waals surface area (Å²) in [5.41, 5.74) is 4.35. The molecule has 42 heavy (non-hydrogen) atoms. The number of hydrogen-bond donors (Lipinski definition) is 3. The molecule has 4 aromatic rings. The Morgan fingerprint density at radius 3 is 2.55 bits per heavy atom. The molecule has 5 nitrogen and oxygen atoms in total. The van der Waals surface area contributed by atoms with E-state index in [9.17, 15) is 20.1 Å². The summed E-state index contributed by atoms with van der Waals surface area (Å²) in [6.07, 6.45) is 5.68. The van der Waals surface area contributed by atoms with Crippen LogP contribution in [0.15, 0.2) is 78.9 Å². The summed E-state index contributed by atoms with van der Waals surface area (Å²) in [6, 6.07) is 26.1. The summed E-state index contributed by atoms with van der Waals surface area (Å²) in [7, 11) is 0. The lowest BCUT2D eigenvalue weighted by atomic mass is 9.90. The molecule has 7 heteroatoms. The van der Waals surface area contributed by atoms with Gasteiger partial charge in [-0.15, -0.1) is 0 Å². The lowest BCUT2D eigenvalue weighted by molar-refractivity contribution is -0.150. The molecule has 2 atom stereocenters. The highest BCUT2D eigenvalue weighted by molar-refractivity contribution is 7.99. The summed E-state index contributed by atoms with van der Waals surface area (Å²) >= 11 is 7.88. The Bertz CT molecular complexity index is 1610. The predicted octanol–water partition coefficient (Wildman–Crippen LogP) is 7.92. The SMILES string of the molecule is CC(C)(O)c1ccccc1CC[C@@H](SCC1(C(O)C(=O)O)CC1)c1cccc(/C=C/c2ccc3ccc(Cl)cc3n2)c1. The van der Waals surface area contributed by atoms with Gasteiger partial charge in [-0.05, 0) is 86.1 Å². The highest BCUT2D eigenvalue weighted by atomic mass is 35.5. The van der Waals surface area contributed by atoms with E-state index in [2.05, 4.69) is 24.3 Å². The number of carboxylic acid groups (broad SMARTS) is 1. The highest BCUT2D eigenvalue weighted by Crippen LogP contribution is 2.53. The van der Waals surface area contributed by atoms with Crippen LogP contribution in [0.1, 0.15) is 66.3 Å². The van der Waals surface area contributed by atoms with Gasteiger partial charge in [0.25, 0.3) is 0 Å². The fourth-order valence-electron chi connectivity index (χ4n) is 5.40. The molecule has 1 fully saturated rings. The Hall–Kier alpha value is -3.16. The van der Waals surface area contributed by atoms with Crippen LogP contribution in [0.4, 0.5) is 0 Å². The summed E-state index contributed by atoms with van der Waals surface area (Å²) in [5.74, 6) is -0.581. The number of aromatic nitrogens is 1. The third-order valence-corrected chi connectivity index (χ3v) is 9.92. The number of fused-ring (bicyclic) bond motifs is 1. The number of thioether (sulfide) groups is 1. The van der Waals surface area contributed by atoms with E-state index in [-0.39, 0.29) is 5.25 Å². The van der Waals surface area contributed by atoms with Gasteiger partial charge in [0, 0.05) is 26.8 Å². The van der Waals surface area contributed by atoms with Gasteiger partial charge in [0.1, 0.15) is 0 Å². The minimum atomic E-state index is -1.35. The van der Waals surface area contributed by atoms with Crippen LogP contribution in [-0.2, 0) is 16.8 Å². The number of aliphatic hydroxyl groups is 2. The Labute approximate surface area is 256 Å². The molecule has 0 radical (unpaired) electrons. The summed E-state index contributed by atoms with van der Waals surface area (Å²) in [5, 5.41) is 32.3. The van der Waals surface area contributed by atoms with E-state index in [0.717, 1.165) is 51.7 Å². The molecule has 218 valence electrons. The minimum Gasteiger partial charge on any atom is -0.479 e. The zero-order valence-electron chi connectivity index (χ0n) is 23.8. The van der Waals surface area contributed by atoms with E-state index in [0.29, 0.717) is 23.6 Å². The first-order valence-electron chi connectivity index (χ1n) is 14.2. The molecule has 3 aromatic carbocycles. The third-order valence-electron chi connectivity index (χ3n) is 8.04. The van der Waals surface area contributed by atoms with Crippen LogP contribution in [0.5, 0.6) is 0 Å². The van der Waals surface area contributed by atoms with Crippen LogP contribution < -0.4 is 0 Å². The lowest BCUT2D eigenvalue weighted by Gasteiger charge is -2.25. The Morgan fingerprint density at radius 2 is 1.81 bits per heavy atom. The van der Waals surface area contributed by atoms with Crippen LogP contribution in [0, 0.1) is 5.41 Å². The molecule has 0 bridgehead atoms. The van der Waals surface area contributed by atoms with E-state index in [4.69, 9.17) is 16.6 Å².